The molecule has 0 saturated heterocycles. The average Bonchev–Trinajstić information content (AvgIpc) is 2.37. The van der Waals surface area contributed by atoms with Crippen molar-refractivity contribution in [3.05, 3.63) is 36.5 Å². The van der Waals surface area contributed by atoms with Crippen LogP contribution in [0.4, 0.5) is 0 Å². The molecule has 0 bridgehead atoms. The Hall–Kier alpha value is -0.200. The van der Waals surface area contributed by atoms with Crippen molar-refractivity contribution in [3.63, 3.8) is 0 Å². The third-order valence-corrected chi connectivity index (χ3v) is 3.37. The summed E-state index contributed by atoms with van der Waals surface area (Å²) in [5.74, 6) is 0. The molecule has 0 aliphatic heterocycles. The summed E-state index contributed by atoms with van der Waals surface area (Å²) in [6, 6.07) is 0. The van der Waals surface area contributed by atoms with Crippen molar-refractivity contribution in [3.8, 4) is 0 Å². The molecule has 0 aliphatic rings. The van der Waals surface area contributed by atoms with Crippen LogP contribution < -0.4 is 0 Å². The molecule has 18 heavy (non-hydrogen) atoms. The van der Waals surface area contributed by atoms with Crippen LogP contribution in [0.3, 0.4) is 0 Å². The smallest absolute Gasteiger partial charge is 0.0519 e. The molecule has 0 fully saturated rings. The molecule has 0 heterocycles. The van der Waals surface area contributed by atoms with E-state index in [9.17, 15) is 0 Å². The fraction of sp³-hybridized carbons (Fsp3) is 0.625. The Morgan fingerprint density at radius 2 is 1.11 bits per heavy atom. The molecular weight excluding hydrogens is 263 g/mol. The highest BCUT2D eigenvalue weighted by Gasteiger charge is 1.97. The number of alkyl halides is 2. The van der Waals surface area contributed by atoms with Crippen molar-refractivity contribution < 1.29 is 0 Å². The van der Waals surface area contributed by atoms with Gasteiger partial charge in [0.05, 0.1) is 10.8 Å². The van der Waals surface area contributed by atoms with Crippen molar-refractivity contribution in [1.29, 1.82) is 0 Å². The van der Waals surface area contributed by atoms with Gasteiger partial charge in [0.1, 0.15) is 0 Å². The predicted molar refractivity (Wildman–Crippen MR) is 85.8 cm³/mol. The Morgan fingerprint density at radius 3 is 1.44 bits per heavy atom. The van der Waals surface area contributed by atoms with Gasteiger partial charge in [-0.1, -0.05) is 76.0 Å². The molecule has 2 heteroatoms. The molecule has 104 valence electrons. The van der Waals surface area contributed by atoms with Crippen LogP contribution >= 0.6 is 23.2 Å². The Balaban J connectivity index is 3.74. The van der Waals surface area contributed by atoms with Crippen molar-refractivity contribution in [1.82, 2.24) is 0 Å². The monoisotopic (exact) mass is 288 g/mol. The minimum absolute atomic E-state index is 0.156. The van der Waals surface area contributed by atoms with Crippen LogP contribution in [0.2, 0.25) is 0 Å². The number of rotatable bonds is 10. The van der Waals surface area contributed by atoms with Crippen molar-refractivity contribution in [2.75, 3.05) is 0 Å². The van der Waals surface area contributed by atoms with E-state index < -0.39 is 0 Å². The molecule has 0 nitrogen and oxygen atoms in total. The molecule has 0 radical (unpaired) electrons. The zero-order chi connectivity index (χ0) is 13.6. The lowest BCUT2D eigenvalue weighted by Crippen LogP contribution is -1.91. The fourth-order valence-electron chi connectivity index (χ4n) is 1.49. The third kappa shape index (κ3) is 12.3. The lowest BCUT2D eigenvalue weighted by Gasteiger charge is -2.00. The van der Waals surface area contributed by atoms with Gasteiger partial charge < -0.3 is 0 Å². The Bertz CT molecular complexity index is 228. The maximum Gasteiger partial charge on any atom is 0.0519 e. The molecule has 0 aromatic carbocycles. The normalized spacial score (nSPS) is 16.0. The molecule has 2 unspecified atom stereocenters. The zero-order valence-electron chi connectivity index (χ0n) is 11.6. The second kappa shape index (κ2) is 13.2. The van der Waals surface area contributed by atoms with Gasteiger partial charge in [-0.2, -0.15) is 0 Å². The second-order valence-corrected chi connectivity index (χ2v) is 5.59. The fourth-order valence-corrected chi connectivity index (χ4v) is 1.97. The lowest BCUT2D eigenvalue weighted by atomic mass is 10.2. The summed E-state index contributed by atoms with van der Waals surface area (Å²) in [6.45, 7) is 4.36. The molecule has 0 amide bonds. The Kier molecular flexibility index (Phi) is 13.1. The molecule has 0 saturated carbocycles. The number of hydrogen-bond donors (Lipinski definition) is 0. The summed E-state index contributed by atoms with van der Waals surface area (Å²) in [5.41, 5.74) is 0. The summed E-state index contributed by atoms with van der Waals surface area (Å²) in [4.78, 5) is 0. The summed E-state index contributed by atoms with van der Waals surface area (Å²) >= 11 is 12.2. The third-order valence-electron chi connectivity index (χ3n) is 2.64. The van der Waals surface area contributed by atoms with Crippen LogP contribution in [0.1, 0.15) is 52.4 Å². The lowest BCUT2D eigenvalue weighted by molar-refractivity contribution is 0.733. The highest BCUT2D eigenvalue weighted by molar-refractivity contribution is 6.22. The quantitative estimate of drug-likeness (QED) is 0.329. The van der Waals surface area contributed by atoms with Crippen molar-refractivity contribution >= 4 is 23.2 Å². The first-order chi connectivity index (χ1) is 8.70. The van der Waals surface area contributed by atoms with Crippen LogP contribution in [0.25, 0.3) is 0 Å². The Morgan fingerprint density at radius 1 is 0.722 bits per heavy atom. The van der Waals surface area contributed by atoms with Crippen molar-refractivity contribution in [2.45, 2.75) is 63.1 Å². The van der Waals surface area contributed by atoms with E-state index in [2.05, 4.69) is 13.8 Å². The molecule has 0 rings (SSSR count). The minimum atomic E-state index is 0.156. The largest absolute Gasteiger partial charge is 0.118 e. The zero-order valence-corrected chi connectivity index (χ0v) is 13.1. The first-order valence-corrected chi connectivity index (χ1v) is 7.87. The van der Waals surface area contributed by atoms with Crippen LogP contribution in [-0.2, 0) is 0 Å². The van der Waals surface area contributed by atoms with Gasteiger partial charge in [-0.05, 0) is 12.8 Å². The van der Waals surface area contributed by atoms with Gasteiger partial charge in [0.2, 0.25) is 0 Å². The molecular formula is C16H26Cl2. The van der Waals surface area contributed by atoms with Crippen molar-refractivity contribution in [2.24, 2.45) is 0 Å². The molecule has 2 atom stereocenters. The van der Waals surface area contributed by atoms with Crippen LogP contribution in [-0.4, -0.2) is 10.8 Å². The van der Waals surface area contributed by atoms with E-state index in [4.69, 9.17) is 23.2 Å². The number of unbranched alkanes of at least 4 members (excludes halogenated alkanes) is 2. The maximum absolute atomic E-state index is 6.12. The second-order valence-electron chi connectivity index (χ2n) is 4.47. The summed E-state index contributed by atoms with van der Waals surface area (Å²) in [6.07, 6.45) is 19.0. The maximum atomic E-state index is 6.12. The first-order valence-electron chi connectivity index (χ1n) is 7.00. The van der Waals surface area contributed by atoms with Crippen LogP contribution in [0, 0.1) is 0 Å². The minimum Gasteiger partial charge on any atom is -0.118 e. The van der Waals surface area contributed by atoms with Gasteiger partial charge in [0.25, 0.3) is 0 Å². The highest BCUT2D eigenvalue weighted by atomic mass is 35.5. The summed E-state index contributed by atoms with van der Waals surface area (Å²) in [5, 5.41) is 0.313. The van der Waals surface area contributed by atoms with E-state index >= 15 is 0 Å². The highest BCUT2D eigenvalue weighted by Crippen LogP contribution is 2.09. The standard InChI is InChI=1S/C16H26Cl2/c1-3-5-11-15(17)13-9-7-8-10-14-16(18)12-6-4-2/h7-10,13-16H,3-6,11-12H2,1-2H3. The van der Waals surface area contributed by atoms with E-state index in [0.717, 1.165) is 12.8 Å². The van der Waals surface area contributed by atoms with Crippen LogP contribution in [0.5, 0.6) is 0 Å². The SMILES string of the molecule is CCCCC(Cl)C=CC=CC=CC(Cl)CCCC. The topological polar surface area (TPSA) is 0 Å². The molecule has 0 aliphatic carbocycles. The molecule has 0 spiro atoms. The number of allylic oxidation sites excluding steroid dienone is 6. The van der Waals surface area contributed by atoms with Gasteiger partial charge in [-0.3, -0.25) is 0 Å². The summed E-state index contributed by atoms with van der Waals surface area (Å²) < 4.78 is 0. The van der Waals surface area contributed by atoms with Gasteiger partial charge in [0, 0.05) is 0 Å². The van der Waals surface area contributed by atoms with E-state index in [1.165, 1.54) is 25.7 Å². The predicted octanol–water partition coefficient (Wildman–Crippen LogP) is 6.25. The Labute approximate surface area is 123 Å². The summed E-state index contributed by atoms with van der Waals surface area (Å²) in [7, 11) is 0. The number of halogens is 2. The van der Waals surface area contributed by atoms with E-state index in [1.807, 2.05) is 36.5 Å². The van der Waals surface area contributed by atoms with E-state index in [1.54, 1.807) is 0 Å². The molecule has 0 N–H and O–H groups in total. The molecule has 0 aromatic heterocycles. The van der Waals surface area contributed by atoms with E-state index in [-0.39, 0.29) is 10.8 Å². The average molecular weight is 289 g/mol. The van der Waals surface area contributed by atoms with Gasteiger partial charge in [-0.25, -0.2) is 0 Å². The van der Waals surface area contributed by atoms with Gasteiger partial charge in [-0.15, -0.1) is 23.2 Å². The van der Waals surface area contributed by atoms with Crippen LogP contribution in [0.15, 0.2) is 36.5 Å². The molecule has 0 aromatic rings. The van der Waals surface area contributed by atoms with Gasteiger partial charge in [0.15, 0.2) is 0 Å². The van der Waals surface area contributed by atoms with E-state index in [0.29, 0.717) is 0 Å². The van der Waals surface area contributed by atoms with Gasteiger partial charge >= 0.3 is 0 Å². The number of hydrogen-bond acceptors (Lipinski definition) is 0. The first kappa shape index (κ1) is 17.8.